The molecule has 296 valence electrons. The van der Waals surface area contributed by atoms with Gasteiger partial charge >= 0.3 is 0 Å². The van der Waals surface area contributed by atoms with E-state index in [-0.39, 0.29) is 5.41 Å². The second kappa shape index (κ2) is 14.6. The number of hydrogen-bond donors (Lipinski definition) is 0. The fourth-order valence-electron chi connectivity index (χ4n) is 10.1. The van der Waals surface area contributed by atoms with E-state index in [0.717, 1.165) is 50.0 Å². The smallest absolute Gasteiger partial charge is 0.161 e. The van der Waals surface area contributed by atoms with E-state index in [9.17, 15) is 0 Å². The summed E-state index contributed by atoms with van der Waals surface area (Å²) >= 11 is 0. The highest BCUT2D eigenvalue weighted by Gasteiger charge is 2.37. The summed E-state index contributed by atoms with van der Waals surface area (Å²) in [5.41, 5.74) is 17.2. The molecule has 0 atom stereocenters. The monoisotopic (exact) mass is 803 g/mol. The van der Waals surface area contributed by atoms with Crippen LogP contribution in [0.5, 0.6) is 0 Å². The molecule has 0 amide bonds. The Hall–Kier alpha value is -8.01. The van der Waals surface area contributed by atoms with Crippen LogP contribution in [0.15, 0.2) is 213 Å². The Morgan fingerprint density at radius 1 is 0.349 bits per heavy atom. The predicted octanol–water partition coefficient (Wildman–Crippen LogP) is 15.6. The van der Waals surface area contributed by atoms with Gasteiger partial charge in [-0.15, -0.1) is 0 Å². The molecule has 9 aromatic carbocycles. The molecule has 0 saturated heterocycles. The molecule has 1 aliphatic rings. The topological polar surface area (TPSA) is 38.7 Å². The Bertz CT molecular complexity index is 3590. The molecule has 2 aromatic heterocycles. The predicted molar refractivity (Wildman–Crippen MR) is 263 cm³/mol. The van der Waals surface area contributed by atoms with Crippen molar-refractivity contribution in [2.45, 2.75) is 19.3 Å². The molecule has 0 N–H and O–H groups in total. The lowest BCUT2D eigenvalue weighted by Crippen LogP contribution is -2.15. The zero-order chi connectivity index (χ0) is 42.1. The van der Waals surface area contributed by atoms with Crippen molar-refractivity contribution in [3.05, 3.63) is 224 Å². The lowest BCUT2D eigenvalue weighted by molar-refractivity contribution is 0.666. The Labute approximate surface area is 367 Å². The first-order valence-corrected chi connectivity index (χ1v) is 21.7. The highest BCUT2D eigenvalue weighted by molar-refractivity contribution is 6.12. The molecule has 0 spiro atoms. The number of pyridine rings is 1. The van der Waals surface area contributed by atoms with Gasteiger partial charge < -0.3 is 0 Å². The van der Waals surface area contributed by atoms with Crippen molar-refractivity contribution in [1.29, 1.82) is 0 Å². The van der Waals surface area contributed by atoms with E-state index in [1.54, 1.807) is 6.20 Å². The minimum Gasteiger partial charge on any atom is -0.264 e. The first-order valence-electron chi connectivity index (χ1n) is 21.7. The number of rotatable bonds is 6. The number of aromatic nitrogens is 3. The molecule has 3 heteroatoms. The van der Waals surface area contributed by atoms with Gasteiger partial charge in [-0.3, -0.25) is 4.98 Å². The summed E-state index contributed by atoms with van der Waals surface area (Å²) in [4.78, 5) is 15.0. The molecule has 0 bridgehead atoms. The Morgan fingerprint density at radius 3 is 1.63 bits per heavy atom. The Morgan fingerprint density at radius 2 is 0.905 bits per heavy atom. The van der Waals surface area contributed by atoms with Crippen molar-refractivity contribution < 1.29 is 0 Å². The maximum atomic E-state index is 5.32. The van der Waals surface area contributed by atoms with Crippen LogP contribution in [0.4, 0.5) is 0 Å². The van der Waals surface area contributed by atoms with Gasteiger partial charge in [-0.05, 0) is 113 Å². The zero-order valence-corrected chi connectivity index (χ0v) is 35.0. The normalized spacial score (nSPS) is 12.7. The maximum Gasteiger partial charge on any atom is 0.161 e. The molecule has 0 fully saturated rings. The molecule has 3 nitrogen and oxygen atoms in total. The maximum absolute atomic E-state index is 5.32. The molecule has 11 aromatic rings. The summed E-state index contributed by atoms with van der Waals surface area (Å²) in [5, 5.41) is 7.36. The van der Waals surface area contributed by atoms with E-state index >= 15 is 0 Å². The summed E-state index contributed by atoms with van der Waals surface area (Å²) in [5.74, 6) is 0.691. The van der Waals surface area contributed by atoms with Gasteiger partial charge in [-0.2, -0.15) is 0 Å². The number of fused-ring (bicyclic) bond motifs is 7. The van der Waals surface area contributed by atoms with Crippen LogP contribution in [0.3, 0.4) is 0 Å². The third-order valence-corrected chi connectivity index (χ3v) is 13.2. The highest BCUT2D eigenvalue weighted by Crippen LogP contribution is 2.52. The summed E-state index contributed by atoms with van der Waals surface area (Å²) in [6, 6.07) is 72.3. The molecule has 0 unspecified atom stereocenters. The van der Waals surface area contributed by atoms with Crippen LogP contribution in [0.2, 0.25) is 0 Å². The van der Waals surface area contributed by atoms with Crippen molar-refractivity contribution in [2.24, 2.45) is 0 Å². The molecule has 1 aliphatic carbocycles. The largest absolute Gasteiger partial charge is 0.264 e. The average Bonchev–Trinajstić information content (AvgIpc) is 3.59. The van der Waals surface area contributed by atoms with E-state index < -0.39 is 0 Å². The van der Waals surface area contributed by atoms with E-state index in [1.165, 1.54) is 66.1 Å². The van der Waals surface area contributed by atoms with Gasteiger partial charge in [0.25, 0.3) is 0 Å². The Balaban J connectivity index is 0.981. The van der Waals surface area contributed by atoms with Gasteiger partial charge in [0.1, 0.15) is 0 Å². The van der Waals surface area contributed by atoms with Gasteiger partial charge in [0.2, 0.25) is 0 Å². The van der Waals surface area contributed by atoms with Crippen LogP contribution in [0.1, 0.15) is 25.0 Å². The molecule has 0 saturated carbocycles. The standard InChI is InChI=1S/C60H41N3/c1-60(2)55-35-41(26-27-52(55)53-28-25-38-14-6-7-20-45(38)58(53)60)44-29-30-50(47-22-9-8-21-46(44)47)51-31-32-54(49-24-11-10-23-48(49)51)59-62-56(39-15-4-3-5-16-39)36-57(63-59)42-18-12-17-40(34-42)43-19-13-33-61-37-43/h3-37H,1-2H3. The van der Waals surface area contributed by atoms with Crippen LogP contribution in [-0.4, -0.2) is 15.0 Å². The van der Waals surface area contributed by atoms with Crippen molar-refractivity contribution in [3.8, 4) is 78.4 Å². The van der Waals surface area contributed by atoms with E-state index in [4.69, 9.17) is 9.97 Å². The lowest BCUT2D eigenvalue weighted by Gasteiger charge is -2.24. The second-order valence-electron chi connectivity index (χ2n) is 17.2. The fourth-order valence-corrected chi connectivity index (χ4v) is 10.1. The molecule has 12 rings (SSSR count). The Kier molecular flexibility index (Phi) is 8.52. The van der Waals surface area contributed by atoms with Gasteiger partial charge in [0.05, 0.1) is 11.4 Å². The lowest BCUT2D eigenvalue weighted by atomic mass is 9.79. The second-order valence-corrected chi connectivity index (χ2v) is 17.2. The minimum absolute atomic E-state index is 0.132. The molecule has 63 heavy (non-hydrogen) atoms. The van der Waals surface area contributed by atoms with Crippen LogP contribution >= 0.6 is 0 Å². The molecular weight excluding hydrogens is 763 g/mol. The van der Waals surface area contributed by atoms with Crippen molar-refractivity contribution >= 4 is 32.3 Å². The van der Waals surface area contributed by atoms with Crippen LogP contribution in [-0.2, 0) is 5.41 Å². The number of nitrogens with zero attached hydrogens (tertiary/aromatic N) is 3. The molecule has 2 heterocycles. The van der Waals surface area contributed by atoms with Crippen molar-refractivity contribution in [3.63, 3.8) is 0 Å². The quantitative estimate of drug-likeness (QED) is 0.168. The highest BCUT2D eigenvalue weighted by atomic mass is 14.9. The van der Waals surface area contributed by atoms with Gasteiger partial charge in [-0.25, -0.2) is 9.97 Å². The van der Waals surface area contributed by atoms with Crippen LogP contribution in [0, 0.1) is 0 Å². The van der Waals surface area contributed by atoms with E-state index in [2.05, 4.69) is 207 Å². The van der Waals surface area contributed by atoms with Gasteiger partial charge in [-0.1, -0.05) is 184 Å². The minimum atomic E-state index is -0.132. The summed E-state index contributed by atoms with van der Waals surface area (Å²) in [6.45, 7) is 4.77. The van der Waals surface area contributed by atoms with Crippen LogP contribution < -0.4 is 0 Å². The third kappa shape index (κ3) is 6.07. The van der Waals surface area contributed by atoms with Crippen molar-refractivity contribution in [2.75, 3.05) is 0 Å². The number of hydrogen-bond acceptors (Lipinski definition) is 3. The van der Waals surface area contributed by atoms with Gasteiger partial charge in [0, 0.05) is 40.1 Å². The summed E-state index contributed by atoms with van der Waals surface area (Å²) in [7, 11) is 0. The fraction of sp³-hybridized carbons (Fsp3) is 0.0500. The average molecular weight is 804 g/mol. The van der Waals surface area contributed by atoms with Crippen molar-refractivity contribution in [1.82, 2.24) is 15.0 Å². The van der Waals surface area contributed by atoms with Gasteiger partial charge in [0.15, 0.2) is 5.82 Å². The molecular formula is C60H41N3. The first-order chi connectivity index (χ1) is 31.0. The number of benzene rings is 9. The van der Waals surface area contributed by atoms with E-state index in [1.807, 2.05) is 18.3 Å². The summed E-state index contributed by atoms with van der Waals surface area (Å²) in [6.07, 6.45) is 3.71. The SMILES string of the molecule is CC1(C)c2cc(-c3ccc(-c4ccc(-c5nc(-c6ccccc6)cc(-c6cccc(-c7cccnc7)c6)n5)c5ccccc45)c4ccccc34)ccc2-c2ccc3ccccc3c21. The summed E-state index contributed by atoms with van der Waals surface area (Å²) < 4.78 is 0. The molecule has 0 radical (unpaired) electrons. The van der Waals surface area contributed by atoms with E-state index in [0.29, 0.717) is 5.82 Å². The molecule has 0 aliphatic heterocycles. The van der Waals surface area contributed by atoms with Crippen LogP contribution in [0.25, 0.3) is 111 Å². The third-order valence-electron chi connectivity index (χ3n) is 13.2. The zero-order valence-electron chi connectivity index (χ0n) is 35.0. The first kappa shape index (κ1) is 36.8.